The van der Waals surface area contributed by atoms with Crippen molar-refractivity contribution in [1.29, 1.82) is 0 Å². The van der Waals surface area contributed by atoms with Crippen LogP contribution in [0.1, 0.15) is 31.7 Å². The SMILES string of the molecule is CCCN(c1ccncc1C)C1CCCNC1. The van der Waals surface area contributed by atoms with Crippen molar-refractivity contribution in [3.8, 4) is 0 Å². The first-order chi connectivity index (χ1) is 8.33. The van der Waals surface area contributed by atoms with Gasteiger partial charge in [0, 0.05) is 37.2 Å². The standard InChI is InChI=1S/C14H23N3/c1-3-9-17(13-5-4-7-15-11-13)14-6-8-16-10-12(14)2/h6,8,10,13,15H,3-5,7,9,11H2,1-2H3. The van der Waals surface area contributed by atoms with Gasteiger partial charge in [0.05, 0.1) is 0 Å². The molecule has 1 aliphatic rings. The molecule has 1 unspecified atom stereocenters. The van der Waals surface area contributed by atoms with Gasteiger partial charge in [0.15, 0.2) is 0 Å². The number of piperidine rings is 1. The Bertz CT molecular complexity index is 345. The molecule has 1 atom stereocenters. The third kappa shape index (κ3) is 2.97. The van der Waals surface area contributed by atoms with E-state index < -0.39 is 0 Å². The van der Waals surface area contributed by atoms with Gasteiger partial charge in [-0.15, -0.1) is 0 Å². The van der Waals surface area contributed by atoms with Crippen molar-refractivity contribution in [2.45, 2.75) is 39.2 Å². The van der Waals surface area contributed by atoms with E-state index in [0.29, 0.717) is 6.04 Å². The summed E-state index contributed by atoms with van der Waals surface area (Å²) in [5.41, 5.74) is 2.64. The van der Waals surface area contributed by atoms with E-state index in [2.05, 4.69) is 35.1 Å². The number of hydrogen-bond donors (Lipinski definition) is 1. The minimum atomic E-state index is 0.643. The second-order valence-electron chi connectivity index (χ2n) is 4.86. The predicted octanol–water partition coefficient (Wildman–Crippen LogP) is 2.36. The number of aromatic nitrogens is 1. The number of nitrogens with zero attached hydrogens (tertiary/aromatic N) is 2. The fourth-order valence-corrected chi connectivity index (χ4v) is 2.63. The predicted molar refractivity (Wildman–Crippen MR) is 72.5 cm³/mol. The molecule has 0 aromatic carbocycles. The fourth-order valence-electron chi connectivity index (χ4n) is 2.63. The number of aryl methyl sites for hydroxylation is 1. The average Bonchev–Trinajstić information content (AvgIpc) is 2.38. The number of pyridine rings is 1. The van der Waals surface area contributed by atoms with Crippen molar-refractivity contribution in [2.75, 3.05) is 24.5 Å². The third-order valence-corrected chi connectivity index (χ3v) is 3.48. The first-order valence-electron chi connectivity index (χ1n) is 6.71. The van der Waals surface area contributed by atoms with Gasteiger partial charge in [0.25, 0.3) is 0 Å². The highest BCUT2D eigenvalue weighted by atomic mass is 15.2. The van der Waals surface area contributed by atoms with E-state index in [1.165, 1.54) is 37.1 Å². The van der Waals surface area contributed by atoms with Crippen molar-refractivity contribution in [3.05, 3.63) is 24.0 Å². The van der Waals surface area contributed by atoms with E-state index in [1.807, 2.05) is 12.4 Å². The molecule has 1 aromatic heterocycles. The lowest BCUT2D eigenvalue weighted by Crippen LogP contribution is -2.46. The maximum atomic E-state index is 4.19. The van der Waals surface area contributed by atoms with Crippen LogP contribution in [0.3, 0.4) is 0 Å². The molecule has 3 heteroatoms. The summed E-state index contributed by atoms with van der Waals surface area (Å²) in [4.78, 5) is 6.75. The quantitative estimate of drug-likeness (QED) is 0.865. The molecule has 1 aliphatic heterocycles. The molecular weight excluding hydrogens is 210 g/mol. The smallest absolute Gasteiger partial charge is 0.0429 e. The first kappa shape index (κ1) is 12.4. The van der Waals surface area contributed by atoms with Crippen molar-refractivity contribution in [1.82, 2.24) is 10.3 Å². The Morgan fingerprint density at radius 3 is 3.06 bits per heavy atom. The highest BCUT2D eigenvalue weighted by molar-refractivity contribution is 5.52. The first-order valence-corrected chi connectivity index (χ1v) is 6.71. The van der Waals surface area contributed by atoms with Gasteiger partial charge in [0.1, 0.15) is 0 Å². The zero-order valence-corrected chi connectivity index (χ0v) is 10.9. The summed E-state index contributed by atoms with van der Waals surface area (Å²) in [7, 11) is 0. The Morgan fingerprint density at radius 2 is 2.41 bits per heavy atom. The van der Waals surface area contributed by atoms with Crippen LogP contribution in [0.15, 0.2) is 18.5 Å². The maximum absolute atomic E-state index is 4.19. The Hall–Kier alpha value is -1.09. The third-order valence-electron chi connectivity index (χ3n) is 3.48. The zero-order valence-electron chi connectivity index (χ0n) is 10.9. The molecule has 2 rings (SSSR count). The van der Waals surface area contributed by atoms with Gasteiger partial charge in [-0.25, -0.2) is 0 Å². The van der Waals surface area contributed by atoms with E-state index in [-0.39, 0.29) is 0 Å². The molecule has 2 heterocycles. The second kappa shape index (κ2) is 6.01. The maximum Gasteiger partial charge on any atom is 0.0429 e. The minimum absolute atomic E-state index is 0.643. The molecule has 0 radical (unpaired) electrons. The summed E-state index contributed by atoms with van der Waals surface area (Å²) in [6.45, 7) is 7.83. The van der Waals surface area contributed by atoms with Crippen molar-refractivity contribution >= 4 is 5.69 Å². The molecule has 0 spiro atoms. The largest absolute Gasteiger partial charge is 0.367 e. The van der Waals surface area contributed by atoms with Gasteiger partial charge in [-0.2, -0.15) is 0 Å². The molecule has 0 amide bonds. The number of rotatable bonds is 4. The molecule has 1 saturated heterocycles. The minimum Gasteiger partial charge on any atom is -0.367 e. The second-order valence-corrected chi connectivity index (χ2v) is 4.86. The summed E-state index contributed by atoms with van der Waals surface area (Å²) >= 11 is 0. The summed E-state index contributed by atoms with van der Waals surface area (Å²) in [6.07, 6.45) is 7.65. The number of anilines is 1. The normalized spacial score (nSPS) is 20.2. The summed E-state index contributed by atoms with van der Waals surface area (Å²) in [6, 6.07) is 2.80. The van der Waals surface area contributed by atoms with E-state index in [0.717, 1.165) is 13.1 Å². The van der Waals surface area contributed by atoms with Crippen LogP contribution in [0.5, 0.6) is 0 Å². The van der Waals surface area contributed by atoms with Crippen molar-refractivity contribution in [2.24, 2.45) is 0 Å². The van der Waals surface area contributed by atoms with Crippen LogP contribution in [0.2, 0.25) is 0 Å². The monoisotopic (exact) mass is 233 g/mol. The molecule has 17 heavy (non-hydrogen) atoms. The van der Waals surface area contributed by atoms with Crippen LogP contribution in [0, 0.1) is 6.92 Å². The molecule has 1 fully saturated rings. The van der Waals surface area contributed by atoms with Gasteiger partial charge in [0.2, 0.25) is 0 Å². The zero-order chi connectivity index (χ0) is 12.1. The van der Waals surface area contributed by atoms with Gasteiger partial charge in [-0.05, 0) is 44.4 Å². The van der Waals surface area contributed by atoms with Gasteiger partial charge >= 0.3 is 0 Å². The van der Waals surface area contributed by atoms with Crippen LogP contribution in [0.4, 0.5) is 5.69 Å². The number of nitrogens with one attached hydrogen (secondary N) is 1. The lowest BCUT2D eigenvalue weighted by Gasteiger charge is -2.37. The fraction of sp³-hybridized carbons (Fsp3) is 0.643. The highest BCUT2D eigenvalue weighted by Crippen LogP contribution is 2.23. The van der Waals surface area contributed by atoms with Crippen LogP contribution in [0.25, 0.3) is 0 Å². The summed E-state index contributed by atoms with van der Waals surface area (Å²) < 4.78 is 0. The van der Waals surface area contributed by atoms with Crippen LogP contribution >= 0.6 is 0 Å². The van der Waals surface area contributed by atoms with E-state index in [4.69, 9.17) is 0 Å². The lowest BCUT2D eigenvalue weighted by molar-refractivity contribution is 0.430. The Kier molecular flexibility index (Phi) is 4.37. The number of hydrogen-bond acceptors (Lipinski definition) is 3. The van der Waals surface area contributed by atoms with E-state index in [1.54, 1.807) is 0 Å². The van der Waals surface area contributed by atoms with Gasteiger partial charge in [-0.3, -0.25) is 4.98 Å². The molecule has 94 valence electrons. The summed E-state index contributed by atoms with van der Waals surface area (Å²) in [5, 5.41) is 3.51. The molecular formula is C14H23N3. The molecule has 0 saturated carbocycles. The van der Waals surface area contributed by atoms with Crippen LogP contribution < -0.4 is 10.2 Å². The highest BCUT2D eigenvalue weighted by Gasteiger charge is 2.21. The lowest BCUT2D eigenvalue weighted by atomic mass is 10.0. The van der Waals surface area contributed by atoms with E-state index >= 15 is 0 Å². The van der Waals surface area contributed by atoms with E-state index in [9.17, 15) is 0 Å². The molecule has 3 nitrogen and oxygen atoms in total. The topological polar surface area (TPSA) is 28.2 Å². The Morgan fingerprint density at radius 1 is 1.53 bits per heavy atom. The Labute approximate surface area is 104 Å². The molecule has 1 aromatic rings. The van der Waals surface area contributed by atoms with Crippen molar-refractivity contribution < 1.29 is 0 Å². The molecule has 0 bridgehead atoms. The van der Waals surface area contributed by atoms with Gasteiger partial charge < -0.3 is 10.2 Å². The summed E-state index contributed by atoms with van der Waals surface area (Å²) in [5.74, 6) is 0. The molecule has 1 N–H and O–H groups in total. The van der Waals surface area contributed by atoms with Crippen LogP contribution in [-0.2, 0) is 0 Å². The molecule has 0 aliphatic carbocycles. The van der Waals surface area contributed by atoms with Gasteiger partial charge in [-0.1, -0.05) is 6.92 Å². The average molecular weight is 233 g/mol. The Balaban J connectivity index is 2.18. The van der Waals surface area contributed by atoms with Crippen LogP contribution in [-0.4, -0.2) is 30.7 Å². The van der Waals surface area contributed by atoms with Crippen molar-refractivity contribution in [3.63, 3.8) is 0 Å².